The van der Waals surface area contributed by atoms with Gasteiger partial charge in [-0.3, -0.25) is 4.79 Å². The highest BCUT2D eigenvalue weighted by atomic mass is 16.5. The van der Waals surface area contributed by atoms with Crippen LogP contribution in [0, 0.1) is 0 Å². The first kappa shape index (κ1) is 12.9. The molecular weight excluding hydrogens is 212 g/mol. The van der Waals surface area contributed by atoms with Gasteiger partial charge in [-0.15, -0.1) is 0 Å². The van der Waals surface area contributed by atoms with Crippen molar-refractivity contribution in [3.63, 3.8) is 0 Å². The summed E-state index contributed by atoms with van der Waals surface area (Å²) in [7, 11) is 6.99. The van der Waals surface area contributed by atoms with E-state index in [9.17, 15) is 14.7 Å². The maximum atomic E-state index is 11.7. The second-order valence-corrected chi connectivity index (χ2v) is 5.23. The molecule has 0 aromatic rings. The van der Waals surface area contributed by atoms with Crippen LogP contribution in [0.1, 0.15) is 6.42 Å². The largest absolute Gasteiger partial charge is 0.467 e. The molecule has 0 spiro atoms. The number of rotatable bonds is 3. The van der Waals surface area contributed by atoms with Crippen LogP contribution >= 0.6 is 0 Å². The number of amides is 1. The van der Waals surface area contributed by atoms with Crippen molar-refractivity contribution in [2.45, 2.75) is 18.1 Å². The van der Waals surface area contributed by atoms with Crippen molar-refractivity contribution in [1.29, 1.82) is 0 Å². The van der Waals surface area contributed by atoms with Crippen LogP contribution in [-0.2, 0) is 14.3 Å². The highest BCUT2D eigenvalue weighted by Crippen LogP contribution is 2.24. The summed E-state index contributed by atoms with van der Waals surface area (Å²) < 4.78 is 5.19. The van der Waals surface area contributed by atoms with E-state index < -0.39 is 23.5 Å². The predicted molar refractivity (Wildman–Crippen MR) is 56.4 cm³/mol. The smallest absolute Gasteiger partial charge is 0.337 e. The molecule has 2 atom stereocenters. The molecule has 1 fully saturated rings. The lowest BCUT2D eigenvalue weighted by molar-refractivity contribution is -0.873. The first-order chi connectivity index (χ1) is 7.20. The van der Waals surface area contributed by atoms with Crippen LogP contribution in [0.5, 0.6) is 0 Å². The summed E-state index contributed by atoms with van der Waals surface area (Å²) in [5.74, 6) is -1.02. The molecule has 0 saturated carbocycles. The Kier molecular flexibility index (Phi) is 3.25. The summed E-state index contributed by atoms with van der Waals surface area (Å²) in [4.78, 5) is 23.1. The van der Waals surface area contributed by atoms with E-state index in [1.54, 1.807) is 0 Å². The van der Waals surface area contributed by atoms with Crippen molar-refractivity contribution in [1.82, 2.24) is 5.32 Å². The SMILES string of the molecule is COC(=O)[C@@]1(C[N+](C)(C)C)C[C@@H](O)C(=O)N1. The number of carbonyl (C=O) groups excluding carboxylic acids is 2. The molecule has 1 rings (SSSR count). The van der Waals surface area contributed by atoms with Crippen LogP contribution in [0.2, 0.25) is 0 Å². The highest BCUT2D eigenvalue weighted by Gasteiger charge is 2.53. The number of hydrogen-bond donors (Lipinski definition) is 2. The summed E-state index contributed by atoms with van der Waals surface area (Å²) in [6, 6.07) is 0. The summed E-state index contributed by atoms with van der Waals surface area (Å²) in [5.41, 5.74) is -1.11. The summed E-state index contributed by atoms with van der Waals surface area (Å²) in [6.07, 6.45) is -1.07. The van der Waals surface area contributed by atoms with Crippen LogP contribution in [0.25, 0.3) is 0 Å². The molecule has 1 heterocycles. The summed E-state index contributed by atoms with van der Waals surface area (Å²) in [5, 5.41) is 12.0. The van der Waals surface area contributed by atoms with Crippen molar-refractivity contribution in [3.8, 4) is 0 Å². The Morgan fingerprint density at radius 2 is 2.19 bits per heavy atom. The number of ether oxygens (including phenoxy) is 1. The first-order valence-electron chi connectivity index (χ1n) is 5.09. The third-order valence-corrected chi connectivity index (χ3v) is 2.53. The van der Waals surface area contributed by atoms with Gasteiger partial charge in [0, 0.05) is 6.42 Å². The minimum Gasteiger partial charge on any atom is -0.467 e. The van der Waals surface area contributed by atoms with Crippen molar-refractivity contribution in [2.24, 2.45) is 0 Å². The lowest BCUT2D eigenvalue weighted by Crippen LogP contribution is -2.60. The average molecular weight is 231 g/mol. The van der Waals surface area contributed by atoms with E-state index in [4.69, 9.17) is 4.74 Å². The van der Waals surface area contributed by atoms with Crippen LogP contribution in [0.4, 0.5) is 0 Å². The molecule has 1 saturated heterocycles. The predicted octanol–water partition coefficient (Wildman–Crippen LogP) is -1.51. The number of quaternary nitrogens is 1. The van der Waals surface area contributed by atoms with E-state index in [2.05, 4.69) is 5.32 Å². The molecule has 0 aliphatic carbocycles. The Morgan fingerprint density at radius 3 is 2.50 bits per heavy atom. The zero-order chi connectivity index (χ0) is 12.6. The topological polar surface area (TPSA) is 75.6 Å². The zero-order valence-electron chi connectivity index (χ0n) is 10.1. The lowest BCUT2D eigenvalue weighted by atomic mass is 9.95. The summed E-state index contributed by atoms with van der Waals surface area (Å²) in [6.45, 7) is 0.377. The van der Waals surface area contributed by atoms with Gasteiger partial charge >= 0.3 is 5.97 Å². The molecule has 0 radical (unpaired) electrons. The fourth-order valence-electron chi connectivity index (χ4n) is 2.10. The van der Waals surface area contributed by atoms with E-state index in [1.165, 1.54) is 7.11 Å². The third kappa shape index (κ3) is 2.51. The van der Waals surface area contributed by atoms with E-state index >= 15 is 0 Å². The second kappa shape index (κ2) is 4.03. The second-order valence-electron chi connectivity index (χ2n) is 5.23. The van der Waals surface area contributed by atoms with Crippen molar-refractivity contribution in [3.05, 3.63) is 0 Å². The van der Waals surface area contributed by atoms with Crippen LogP contribution < -0.4 is 5.32 Å². The number of methoxy groups -OCH3 is 1. The molecule has 16 heavy (non-hydrogen) atoms. The Balaban J connectivity index is 2.96. The van der Waals surface area contributed by atoms with Gasteiger partial charge < -0.3 is 19.6 Å². The highest BCUT2D eigenvalue weighted by molar-refractivity contribution is 5.94. The van der Waals surface area contributed by atoms with Gasteiger partial charge in [-0.2, -0.15) is 0 Å². The van der Waals surface area contributed by atoms with Gasteiger partial charge in [0.1, 0.15) is 12.6 Å². The average Bonchev–Trinajstić information content (AvgIpc) is 2.39. The van der Waals surface area contributed by atoms with Crippen molar-refractivity contribution >= 4 is 11.9 Å². The van der Waals surface area contributed by atoms with Crippen LogP contribution in [0.15, 0.2) is 0 Å². The normalized spacial score (nSPS) is 30.1. The third-order valence-electron chi connectivity index (χ3n) is 2.53. The van der Waals surface area contributed by atoms with Crippen molar-refractivity contribution < 1.29 is 23.9 Å². The van der Waals surface area contributed by atoms with Crippen LogP contribution in [-0.4, -0.2) is 67.9 Å². The number of likely N-dealkylation sites (N-methyl/N-ethyl adjacent to an activating group) is 1. The van der Waals surface area contributed by atoms with Gasteiger partial charge in [0.25, 0.3) is 0 Å². The van der Waals surface area contributed by atoms with Gasteiger partial charge in [0.2, 0.25) is 5.91 Å². The fraction of sp³-hybridized carbons (Fsp3) is 0.800. The number of aliphatic hydroxyl groups is 1. The molecule has 6 nitrogen and oxygen atoms in total. The molecule has 0 aromatic heterocycles. The Labute approximate surface area is 94.8 Å². The molecule has 92 valence electrons. The first-order valence-corrected chi connectivity index (χ1v) is 5.09. The van der Waals surface area contributed by atoms with Gasteiger partial charge in [0.15, 0.2) is 5.54 Å². The molecular formula is C10H19N2O4+. The number of hydrogen-bond acceptors (Lipinski definition) is 4. The fourth-order valence-corrected chi connectivity index (χ4v) is 2.10. The zero-order valence-corrected chi connectivity index (χ0v) is 10.1. The molecule has 1 aliphatic heterocycles. The number of esters is 1. The lowest BCUT2D eigenvalue weighted by Gasteiger charge is -2.34. The van der Waals surface area contributed by atoms with E-state index in [0.717, 1.165) is 0 Å². The molecule has 1 aliphatic rings. The Hall–Kier alpha value is -1.14. The maximum absolute atomic E-state index is 11.7. The Morgan fingerprint density at radius 1 is 1.62 bits per heavy atom. The maximum Gasteiger partial charge on any atom is 0.337 e. The molecule has 1 amide bonds. The summed E-state index contributed by atoms with van der Waals surface area (Å²) >= 11 is 0. The molecule has 0 unspecified atom stereocenters. The molecule has 6 heteroatoms. The molecule has 0 bridgehead atoms. The quantitative estimate of drug-likeness (QED) is 0.457. The number of nitrogens with zero attached hydrogens (tertiary/aromatic N) is 1. The number of nitrogens with one attached hydrogen (secondary N) is 1. The van der Waals surface area contributed by atoms with Crippen LogP contribution in [0.3, 0.4) is 0 Å². The molecule has 2 N–H and O–H groups in total. The van der Waals surface area contributed by atoms with E-state index in [-0.39, 0.29) is 6.42 Å². The monoisotopic (exact) mass is 231 g/mol. The van der Waals surface area contributed by atoms with Gasteiger partial charge in [-0.05, 0) is 0 Å². The van der Waals surface area contributed by atoms with E-state index in [0.29, 0.717) is 11.0 Å². The van der Waals surface area contributed by atoms with Gasteiger partial charge in [-0.1, -0.05) is 0 Å². The molecule has 0 aromatic carbocycles. The minimum atomic E-state index is -1.13. The van der Waals surface area contributed by atoms with Gasteiger partial charge in [-0.25, -0.2) is 4.79 Å². The van der Waals surface area contributed by atoms with E-state index in [1.807, 2.05) is 21.1 Å². The van der Waals surface area contributed by atoms with Crippen molar-refractivity contribution in [2.75, 3.05) is 34.8 Å². The van der Waals surface area contributed by atoms with Gasteiger partial charge in [0.05, 0.1) is 28.3 Å². The number of carbonyl (C=O) groups is 2. The standard InChI is InChI=1S/C10H18N2O4/c1-12(2,3)6-10(9(15)16-4)5-7(13)8(14)11-10/h7,13H,5-6H2,1-4H3/p+1/t7-,10+/m1/s1. The Bertz CT molecular complexity index is 310. The minimum absolute atomic E-state index is 0.0635. The number of aliphatic hydroxyl groups excluding tert-OH is 1.